The molecule has 0 saturated heterocycles. The lowest BCUT2D eigenvalue weighted by molar-refractivity contribution is 0.0981. The lowest BCUT2D eigenvalue weighted by atomic mass is 10.1. The Morgan fingerprint density at radius 1 is 1.33 bits per heavy atom. The number of nitrogens with two attached hydrogens (primary N) is 1. The highest BCUT2D eigenvalue weighted by atomic mass is 19.2. The number of aromatic hydroxyl groups is 1. The first-order valence-electron chi connectivity index (χ1n) is 4.08. The second kappa shape index (κ2) is 4.31. The smallest absolute Gasteiger partial charge is 0.204 e. The van der Waals surface area contributed by atoms with Crippen LogP contribution in [0.1, 0.15) is 16.8 Å². The van der Waals surface area contributed by atoms with E-state index in [1.54, 1.807) is 0 Å². The Morgan fingerprint density at radius 3 is 2.47 bits per heavy atom. The average molecular weight is 219 g/mol. The molecule has 15 heavy (non-hydrogen) atoms. The monoisotopic (exact) mass is 219 g/mol. The van der Waals surface area contributed by atoms with E-state index in [0.717, 1.165) is 0 Å². The highest BCUT2D eigenvalue weighted by Gasteiger charge is 2.21. The molecule has 0 radical (unpaired) electrons. The molecule has 1 aromatic rings. The van der Waals surface area contributed by atoms with Gasteiger partial charge >= 0.3 is 0 Å². The predicted molar refractivity (Wildman–Crippen MR) is 46.0 cm³/mol. The summed E-state index contributed by atoms with van der Waals surface area (Å²) in [4.78, 5) is 11.2. The van der Waals surface area contributed by atoms with Gasteiger partial charge in [0.2, 0.25) is 5.82 Å². The van der Waals surface area contributed by atoms with Gasteiger partial charge in [0.15, 0.2) is 23.2 Å². The first-order valence-corrected chi connectivity index (χ1v) is 4.08. The molecule has 82 valence electrons. The predicted octanol–water partition coefficient (Wildman–Crippen LogP) is 1.34. The zero-order chi connectivity index (χ0) is 11.6. The lowest BCUT2D eigenvalue weighted by Crippen LogP contribution is -2.10. The quantitative estimate of drug-likeness (QED) is 0.595. The summed E-state index contributed by atoms with van der Waals surface area (Å²) >= 11 is 0. The molecular formula is C9H8F3NO2. The van der Waals surface area contributed by atoms with Crippen LogP contribution < -0.4 is 5.73 Å². The van der Waals surface area contributed by atoms with E-state index in [0.29, 0.717) is 6.07 Å². The fraction of sp³-hybridized carbons (Fsp3) is 0.222. The normalized spacial score (nSPS) is 10.4. The van der Waals surface area contributed by atoms with Gasteiger partial charge in [0, 0.05) is 6.42 Å². The second-order valence-electron chi connectivity index (χ2n) is 2.84. The number of rotatable bonds is 3. The zero-order valence-electron chi connectivity index (χ0n) is 7.56. The van der Waals surface area contributed by atoms with Gasteiger partial charge in [-0.1, -0.05) is 0 Å². The molecule has 0 amide bonds. The minimum absolute atomic E-state index is 0.0289. The van der Waals surface area contributed by atoms with Crippen LogP contribution in [-0.4, -0.2) is 17.4 Å². The van der Waals surface area contributed by atoms with Gasteiger partial charge in [-0.05, 0) is 12.6 Å². The Labute approximate surface area is 83.3 Å². The van der Waals surface area contributed by atoms with Crippen molar-refractivity contribution in [2.75, 3.05) is 6.54 Å². The molecule has 0 unspecified atom stereocenters. The van der Waals surface area contributed by atoms with Gasteiger partial charge in [-0.2, -0.15) is 4.39 Å². The molecule has 3 N–H and O–H groups in total. The molecule has 0 saturated carbocycles. The van der Waals surface area contributed by atoms with Crippen LogP contribution in [0, 0.1) is 17.5 Å². The van der Waals surface area contributed by atoms with Crippen molar-refractivity contribution in [3.63, 3.8) is 0 Å². The van der Waals surface area contributed by atoms with Gasteiger partial charge < -0.3 is 10.8 Å². The summed E-state index contributed by atoms with van der Waals surface area (Å²) in [5, 5.41) is 9.06. The number of ketones is 1. The maximum Gasteiger partial charge on any atom is 0.204 e. The van der Waals surface area contributed by atoms with Gasteiger partial charge in [-0.3, -0.25) is 4.79 Å². The van der Waals surface area contributed by atoms with Crippen LogP contribution in [0.4, 0.5) is 13.2 Å². The number of benzene rings is 1. The maximum absolute atomic E-state index is 12.8. The van der Waals surface area contributed by atoms with Crippen LogP contribution >= 0.6 is 0 Å². The van der Waals surface area contributed by atoms with Crippen molar-refractivity contribution in [3.05, 3.63) is 29.1 Å². The van der Waals surface area contributed by atoms with Crippen molar-refractivity contribution in [3.8, 4) is 5.75 Å². The summed E-state index contributed by atoms with van der Waals surface area (Å²) in [5.41, 5.74) is 4.46. The minimum Gasteiger partial charge on any atom is -0.504 e. The molecule has 0 fully saturated rings. The van der Waals surface area contributed by atoms with E-state index in [1.807, 2.05) is 0 Å². The van der Waals surface area contributed by atoms with E-state index >= 15 is 0 Å². The summed E-state index contributed by atoms with van der Waals surface area (Å²) in [6, 6.07) is 0.450. The van der Waals surface area contributed by atoms with E-state index in [1.165, 1.54) is 0 Å². The van der Waals surface area contributed by atoms with Crippen molar-refractivity contribution >= 4 is 5.78 Å². The molecule has 0 aliphatic heterocycles. The standard InChI is InChI=1S/C9H8F3NO2/c10-5-3-4(6(14)1-2-13)9(15)8(12)7(5)11/h3,15H,1-2,13H2. The largest absolute Gasteiger partial charge is 0.504 e. The van der Waals surface area contributed by atoms with E-state index < -0.39 is 34.5 Å². The Morgan fingerprint density at radius 2 is 1.93 bits per heavy atom. The number of halogens is 3. The third-order valence-corrected chi connectivity index (χ3v) is 1.81. The van der Waals surface area contributed by atoms with Gasteiger partial charge in [0.05, 0.1) is 5.56 Å². The van der Waals surface area contributed by atoms with Crippen LogP contribution in [0.2, 0.25) is 0 Å². The van der Waals surface area contributed by atoms with E-state index in [9.17, 15) is 18.0 Å². The number of phenolic OH excluding ortho intramolecular Hbond substituents is 1. The summed E-state index contributed by atoms with van der Waals surface area (Å²) in [6.07, 6.45) is -0.182. The molecule has 0 atom stereocenters. The van der Waals surface area contributed by atoms with Crippen molar-refractivity contribution in [2.24, 2.45) is 5.73 Å². The van der Waals surface area contributed by atoms with E-state index in [2.05, 4.69) is 0 Å². The first kappa shape index (κ1) is 11.5. The number of phenols is 1. The number of carbonyl (C=O) groups excluding carboxylic acids is 1. The molecule has 6 heteroatoms. The SMILES string of the molecule is NCCC(=O)c1cc(F)c(F)c(F)c1O. The Kier molecular flexibility index (Phi) is 3.31. The summed E-state index contributed by atoms with van der Waals surface area (Å²) in [5.74, 6) is -7.03. The average Bonchev–Trinajstić information content (AvgIpc) is 2.20. The second-order valence-corrected chi connectivity index (χ2v) is 2.84. The van der Waals surface area contributed by atoms with Crippen LogP contribution in [0.25, 0.3) is 0 Å². The number of carbonyl (C=O) groups is 1. The maximum atomic E-state index is 12.8. The molecule has 0 aliphatic rings. The first-order chi connectivity index (χ1) is 6.99. The molecular weight excluding hydrogens is 211 g/mol. The van der Waals surface area contributed by atoms with Crippen LogP contribution in [-0.2, 0) is 0 Å². The highest BCUT2D eigenvalue weighted by molar-refractivity contribution is 5.98. The van der Waals surface area contributed by atoms with Crippen LogP contribution in [0.15, 0.2) is 6.07 Å². The minimum atomic E-state index is -1.81. The third-order valence-electron chi connectivity index (χ3n) is 1.81. The number of hydrogen-bond donors (Lipinski definition) is 2. The molecule has 0 spiro atoms. The molecule has 0 heterocycles. The van der Waals surface area contributed by atoms with E-state index in [-0.39, 0.29) is 13.0 Å². The Bertz CT molecular complexity index is 407. The van der Waals surface area contributed by atoms with Crippen LogP contribution in [0.3, 0.4) is 0 Å². The number of hydrogen-bond acceptors (Lipinski definition) is 3. The summed E-state index contributed by atoms with van der Waals surface area (Å²) in [6.45, 7) is -0.0289. The number of Topliss-reactive ketones (excluding diaryl/α,β-unsaturated/α-hetero) is 1. The zero-order valence-corrected chi connectivity index (χ0v) is 7.56. The van der Waals surface area contributed by atoms with E-state index in [4.69, 9.17) is 10.8 Å². The molecule has 0 aliphatic carbocycles. The molecule has 1 aromatic carbocycles. The van der Waals surface area contributed by atoms with Crippen molar-refractivity contribution < 1.29 is 23.1 Å². The highest BCUT2D eigenvalue weighted by Crippen LogP contribution is 2.26. The lowest BCUT2D eigenvalue weighted by Gasteiger charge is -2.05. The van der Waals surface area contributed by atoms with Gasteiger partial charge in [0.1, 0.15) is 0 Å². The van der Waals surface area contributed by atoms with Gasteiger partial charge in [0.25, 0.3) is 0 Å². The molecule has 3 nitrogen and oxygen atoms in total. The molecule has 1 rings (SSSR count). The molecule has 0 aromatic heterocycles. The fourth-order valence-corrected chi connectivity index (χ4v) is 1.06. The summed E-state index contributed by atoms with van der Waals surface area (Å²) in [7, 11) is 0. The topological polar surface area (TPSA) is 63.3 Å². The van der Waals surface area contributed by atoms with Crippen molar-refractivity contribution in [1.29, 1.82) is 0 Å². The van der Waals surface area contributed by atoms with Crippen molar-refractivity contribution in [2.45, 2.75) is 6.42 Å². The Balaban J connectivity index is 3.26. The van der Waals surface area contributed by atoms with Gasteiger partial charge in [-0.25, -0.2) is 8.78 Å². The van der Waals surface area contributed by atoms with Crippen molar-refractivity contribution in [1.82, 2.24) is 0 Å². The van der Waals surface area contributed by atoms with Crippen LogP contribution in [0.5, 0.6) is 5.75 Å². The third kappa shape index (κ3) is 2.10. The fourth-order valence-electron chi connectivity index (χ4n) is 1.06. The van der Waals surface area contributed by atoms with Gasteiger partial charge in [-0.15, -0.1) is 0 Å². The Hall–Kier alpha value is -1.56. The molecule has 0 bridgehead atoms. The summed E-state index contributed by atoms with van der Waals surface area (Å²) < 4.78 is 38.1.